The molecule has 3 heterocycles. The molecule has 84 valence electrons. The monoisotopic (exact) mass is 219 g/mol. The van der Waals surface area contributed by atoms with Crippen LogP contribution in [0.2, 0.25) is 0 Å². The van der Waals surface area contributed by atoms with Gasteiger partial charge in [-0.2, -0.15) is 0 Å². The van der Waals surface area contributed by atoms with Gasteiger partial charge in [0.1, 0.15) is 11.6 Å². The number of rotatable bonds is 2. The van der Waals surface area contributed by atoms with Crippen LogP contribution in [-0.2, 0) is 11.2 Å². The Kier molecular flexibility index (Phi) is 2.25. The number of nitrogens with zero attached hydrogens (tertiary/aromatic N) is 3. The normalized spacial score (nSPS) is 20.6. The average molecular weight is 219 g/mol. The van der Waals surface area contributed by atoms with Gasteiger partial charge in [0.2, 0.25) is 0 Å². The van der Waals surface area contributed by atoms with Gasteiger partial charge in [-0.3, -0.25) is 4.40 Å². The van der Waals surface area contributed by atoms with E-state index in [0.29, 0.717) is 0 Å². The summed E-state index contributed by atoms with van der Waals surface area (Å²) in [6.45, 7) is 0.840. The van der Waals surface area contributed by atoms with Crippen LogP contribution in [0, 0.1) is 0 Å². The molecule has 1 aliphatic heterocycles. The summed E-state index contributed by atoms with van der Waals surface area (Å²) in [4.78, 5) is 0. The van der Waals surface area contributed by atoms with Gasteiger partial charge in [-0.05, 0) is 25.0 Å². The minimum Gasteiger partial charge on any atom is -0.506 e. The van der Waals surface area contributed by atoms with Crippen molar-refractivity contribution in [1.82, 2.24) is 14.6 Å². The van der Waals surface area contributed by atoms with Crippen LogP contribution in [0.15, 0.2) is 18.3 Å². The van der Waals surface area contributed by atoms with Crippen molar-refractivity contribution in [3.05, 3.63) is 24.2 Å². The number of aromatic nitrogens is 3. The largest absolute Gasteiger partial charge is 0.506 e. The van der Waals surface area contributed by atoms with E-state index in [0.717, 1.165) is 37.3 Å². The van der Waals surface area contributed by atoms with Gasteiger partial charge >= 0.3 is 0 Å². The number of ether oxygens (including phenoxy) is 1. The molecule has 0 saturated carbocycles. The molecule has 2 aromatic heterocycles. The van der Waals surface area contributed by atoms with E-state index in [1.807, 2.05) is 4.40 Å². The Labute approximate surface area is 92.7 Å². The summed E-state index contributed by atoms with van der Waals surface area (Å²) in [6.07, 6.45) is 4.83. The van der Waals surface area contributed by atoms with Gasteiger partial charge in [0, 0.05) is 13.0 Å². The molecule has 5 heteroatoms. The molecule has 1 atom stereocenters. The minimum atomic E-state index is 0.223. The Balaban J connectivity index is 1.93. The summed E-state index contributed by atoms with van der Waals surface area (Å²) in [6, 6.07) is 3.36. The quantitative estimate of drug-likeness (QED) is 0.823. The predicted octanol–water partition coefficient (Wildman–Crippen LogP) is 1.16. The average Bonchev–Trinajstić information content (AvgIpc) is 2.90. The Bertz CT molecular complexity index is 503. The fourth-order valence-corrected chi connectivity index (χ4v) is 2.08. The highest BCUT2D eigenvalue weighted by atomic mass is 16.5. The van der Waals surface area contributed by atoms with E-state index in [-0.39, 0.29) is 11.9 Å². The molecule has 0 bridgehead atoms. The molecule has 0 amide bonds. The molecule has 16 heavy (non-hydrogen) atoms. The van der Waals surface area contributed by atoms with Gasteiger partial charge in [0.05, 0.1) is 12.3 Å². The number of aromatic hydroxyl groups is 1. The van der Waals surface area contributed by atoms with Gasteiger partial charge in [-0.15, -0.1) is 10.2 Å². The van der Waals surface area contributed by atoms with Crippen molar-refractivity contribution in [2.75, 3.05) is 6.61 Å². The maximum atomic E-state index is 9.43. The summed E-state index contributed by atoms with van der Waals surface area (Å²) in [7, 11) is 0. The fourth-order valence-electron chi connectivity index (χ4n) is 2.08. The predicted molar refractivity (Wildman–Crippen MR) is 57.3 cm³/mol. The third-order valence-electron chi connectivity index (χ3n) is 2.89. The molecule has 1 aliphatic rings. The highest BCUT2D eigenvalue weighted by molar-refractivity contribution is 5.41. The first kappa shape index (κ1) is 9.59. The Morgan fingerprint density at radius 1 is 1.44 bits per heavy atom. The van der Waals surface area contributed by atoms with E-state index in [9.17, 15) is 5.11 Å². The van der Waals surface area contributed by atoms with Crippen molar-refractivity contribution in [2.24, 2.45) is 0 Å². The van der Waals surface area contributed by atoms with Crippen LogP contribution in [0.5, 0.6) is 5.75 Å². The molecule has 1 unspecified atom stereocenters. The van der Waals surface area contributed by atoms with E-state index < -0.39 is 0 Å². The molecule has 5 nitrogen and oxygen atoms in total. The maximum Gasteiger partial charge on any atom is 0.161 e. The second-order valence-corrected chi connectivity index (χ2v) is 4.07. The summed E-state index contributed by atoms with van der Waals surface area (Å²) in [5.74, 6) is 1.07. The highest BCUT2D eigenvalue weighted by Crippen LogP contribution is 2.18. The topological polar surface area (TPSA) is 59.7 Å². The van der Waals surface area contributed by atoms with Crippen LogP contribution in [0.1, 0.15) is 18.7 Å². The van der Waals surface area contributed by atoms with Crippen molar-refractivity contribution in [2.45, 2.75) is 25.4 Å². The second-order valence-electron chi connectivity index (χ2n) is 4.07. The van der Waals surface area contributed by atoms with Crippen LogP contribution >= 0.6 is 0 Å². The van der Waals surface area contributed by atoms with Crippen molar-refractivity contribution in [1.29, 1.82) is 0 Å². The third kappa shape index (κ3) is 1.63. The first-order valence-electron chi connectivity index (χ1n) is 5.47. The lowest BCUT2D eigenvalue weighted by molar-refractivity contribution is 0.109. The second kappa shape index (κ2) is 3.75. The standard InChI is InChI=1S/C11H13N3O2/c15-8-3-4-10-12-13-11(14(10)7-8)6-9-2-1-5-16-9/h3-4,7,9,15H,1-2,5-6H2. The third-order valence-corrected chi connectivity index (χ3v) is 2.89. The van der Waals surface area contributed by atoms with E-state index in [4.69, 9.17) is 4.74 Å². The van der Waals surface area contributed by atoms with Gasteiger partial charge in [-0.25, -0.2) is 0 Å². The summed E-state index contributed by atoms with van der Waals surface area (Å²) in [5.41, 5.74) is 0.755. The number of hydrogen-bond donors (Lipinski definition) is 1. The summed E-state index contributed by atoms with van der Waals surface area (Å²) in [5, 5.41) is 17.6. The van der Waals surface area contributed by atoms with E-state index in [2.05, 4.69) is 10.2 Å². The van der Waals surface area contributed by atoms with Gasteiger partial charge < -0.3 is 9.84 Å². The molecule has 1 saturated heterocycles. The van der Waals surface area contributed by atoms with Crippen LogP contribution in [0.3, 0.4) is 0 Å². The van der Waals surface area contributed by atoms with Crippen LogP contribution in [0.4, 0.5) is 0 Å². The highest BCUT2D eigenvalue weighted by Gasteiger charge is 2.18. The van der Waals surface area contributed by atoms with Crippen LogP contribution < -0.4 is 0 Å². The molecule has 3 rings (SSSR count). The summed E-state index contributed by atoms with van der Waals surface area (Å²) >= 11 is 0. The smallest absolute Gasteiger partial charge is 0.161 e. The molecule has 2 aromatic rings. The molecule has 1 fully saturated rings. The number of fused-ring (bicyclic) bond motifs is 1. The van der Waals surface area contributed by atoms with Crippen molar-refractivity contribution < 1.29 is 9.84 Å². The lowest BCUT2D eigenvalue weighted by Crippen LogP contribution is -2.11. The van der Waals surface area contributed by atoms with E-state index in [1.54, 1.807) is 18.3 Å². The molecular weight excluding hydrogens is 206 g/mol. The number of pyridine rings is 1. The van der Waals surface area contributed by atoms with Gasteiger partial charge in [0.15, 0.2) is 5.65 Å². The van der Waals surface area contributed by atoms with Crippen molar-refractivity contribution in [3.8, 4) is 5.75 Å². The maximum absolute atomic E-state index is 9.43. The molecule has 0 spiro atoms. The lowest BCUT2D eigenvalue weighted by Gasteiger charge is -2.07. The van der Waals surface area contributed by atoms with Crippen LogP contribution in [0.25, 0.3) is 5.65 Å². The first-order chi connectivity index (χ1) is 7.83. The van der Waals surface area contributed by atoms with Crippen LogP contribution in [-0.4, -0.2) is 32.4 Å². The fraction of sp³-hybridized carbons (Fsp3) is 0.455. The molecule has 1 N–H and O–H groups in total. The van der Waals surface area contributed by atoms with Gasteiger partial charge in [0.25, 0.3) is 0 Å². The van der Waals surface area contributed by atoms with Gasteiger partial charge in [-0.1, -0.05) is 0 Å². The van der Waals surface area contributed by atoms with Crippen molar-refractivity contribution >= 4 is 5.65 Å². The number of hydrogen-bond acceptors (Lipinski definition) is 4. The van der Waals surface area contributed by atoms with Crippen molar-refractivity contribution in [3.63, 3.8) is 0 Å². The Morgan fingerprint density at radius 2 is 2.38 bits per heavy atom. The Hall–Kier alpha value is -1.62. The molecule has 0 radical (unpaired) electrons. The first-order valence-corrected chi connectivity index (χ1v) is 5.47. The molecule has 0 aromatic carbocycles. The SMILES string of the molecule is Oc1ccc2nnc(CC3CCCO3)n2c1. The molecular formula is C11H13N3O2. The zero-order valence-electron chi connectivity index (χ0n) is 8.83. The van der Waals surface area contributed by atoms with E-state index >= 15 is 0 Å². The zero-order valence-corrected chi connectivity index (χ0v) is 8.83. The minimum absolute atomic E-state index is 0.223. The lowest BCUT2D eigenvalue weighted by atomic mass is 10.2. The van der Waals surface area contributed by atoms with E-state index in [1.165, 1.54) is 0 Å². The zero-order chi connectivity index (χ0) is 11.0. The molecule has 0 aliphatic carbocycles. The Morgan fingerprint density at radius 3 is 3.19 bits per heavy atom. The summed E-state index contributed by atoms with van der Waals surface area (Å²) < 4.78 is 7.38.